The Morgan fingerprint density at radius 2 is 1.56 bits per heavy atom. The van der Waals surface area contributed by atoms with Crippen LogP contribution in [0.15, 0.2) is 24.3 Å². The van der Waals surface area contributed by atoms with Gasteiger partial charge in [0.15, 0.2) is 0 Å². The maximum atomic E-state index is 5.94. The van der Waals surface area contributed by atoms with Crippen molar-refractivity contribution in [2.24, 2.45) is 0 Å². The van der Waals surface area contributed by atoms with Gasteiger partial charge in [0.25, 0.3) is 0 Å². The largest absolute Gasteiger partial charge is 0.497 e. The van der Waals surface area contributed by atoms with Crippen LogP contribution in [0.5, 0.6) is 11.5 Å². The lowest BCUT2D eigenvalue weighted by molar-refractivity contribution is -0.0157. The SMILES string of the molecule is COc1cccc(OC2C[C@@H](OC)[C@H](OC)C2)c1. The lowest BCUT2D eigenvalue weighted by atomic mass is 10.3. The van der Waals surface area contributed by atoms with Crippen molar-refractivity contribution in [3.05, 3.63) is 24.3 Å². The van der Waals surface area contributed by atoms with Crippen molar-refractivity contribution in [3.8, 4) is 11.5 Å². The van der Waals surface area contributed by atoms with Gasteiger partial charge < -0.3 is 18.9 Å². The van der Waals surface area contributed by atoms with Crippen LogP contribution < -0.4 is 9.47 Å². The maximum absolute atomic E-state index is 5.94. The van der Waals surface area contributed by atoms with Gasteiger partial charge in [0.05, 0.1) is 19.3 Å². The van der Waals surface area contributed by atoms with Crippen molar-refractivity contribution in [3.63, 3.8) is 0 Å². The first-order chi connectivity index (χ1) is 8.76. The van der Waals surface area contributed by atoms with Gasteiger partial charge in [-0.3, -0.25) is 0 Å². The summed E-state index contributed by atoms with van der Waals surface area (Å²) in [4.78, 5) is 0. The first-order valence-electron chi connectivity index (χ1n) is 6.13. The molecule has 0 N–H and O–H groups in total. The smallest absolute Gasteiger partial charge is 0.123 e. The third kappa shape index (κ3) is 2.94. The third-order valence-corrected chi connectivity index (χ3v) is 3.35. The normalized spacial score (nSPS) is 24.2. The molecule has 2 rings (SSSR count). The molecule has 1 aromatic carbocycles. The Hall–Kier alpha value is -1.26. The molecule has 1 aliphatic carbocycles. The molecular formula is C14H20O4. The fraction of sp³-hybridized carbons (Fsp3) is 0.571. The Balaban J connectivity index is 1.97. The summed E-state index contributed by atoms with van der Waals surface area (Å²) in [5.74, 6) is 1.63. The molecule has 0 spiro atoms. The molecule has 2 atom stereocenters. The third-order valence-electron chi connectivity index (χ3n) is 3.35. The van der Waals surface area contributed by atoms with Gasteiger partial charge in [-0.15, -0.1) is 0 Å². The predicted molar refractivity (Wildman–Crippen MR) is 68.2 cm³/mol. The number of benzene rings is 1. The van der Waals surface area contributed by atoms with Crippen LogP contribution in [-0.2, 0) is 9.47 Å². The van der Waals surface area contributed by atoms with Crippen LogP contribution in [-0.4, -0.2) is 39.6 Å². The summed E-state index contributed by atoms with van der Waals surface area (Å²) in [6.45, 7) is 0. The number of methoxy groups -OCH3 is 3. The Morgan fingerprint density at radius 1 is 0.944 bits per heavy atom. The molecule has 1 aromatic rings. The number of rotatable bonds is 5. The predicted octanol–water partition coefficient (Wildman–Crippen LogP) is 2.27. The Bertz CT molecular complexity index is 368. The molecule has 0 aromatic heterocycles. The molecule has 1 fully saturated rings. The summed E-state index contributed by atoms with van der Waals surface area (Å²) in [6.07, 6.45) is 2.07. The standard InChI is InChI=1S/C14H20O4/c1-15-10-5-4-6-11(7-10)18-12-8-13(16-2)14(9-12)17-3/h4-7,12-14H,8-9H2,1-3H3/t13-,14-/m1/s1. The van der Waals surface area contributed by atoms with Gasteiger partial charge in [0, 0.05) is 33.1 Å². The van der Waals surface area contributed by atoms with Crippen LogP contribution in [0.1, 0.15) is 12.8 Å². The van der Waals surface area contributed by atoms with E-state index >= 15 is 0 Å². The molecule has 18 heavy (non-hydrogen) atoms. The van der Waals surface area contributed by atoms with Crippen molar-refractivity contribution >= 4 is 0 Å². The lowest BCUT2D eigenvalue weighted by Gasteiger charge is -2.14. The van der Waals surface area contributed by atoms with E-state index in [0.717, 1.165) is 24.3 Å². The van der Waals surface area contributed by atoms with Gasteiger partial charge in [0.1, 0.15) is 17.6 Å². The molecule has 0 saturated heterocycles. The average Bonchev–Trinajstić information content (AvgIpc) is 2.81. The van der Waals surface area contributed by atoms with Gasteiger partial charge in [-0.1, -0.05) is 6.07 Å². The van der Waals surface area contributed by atoms with Gasteiger partial charge in [-0.25, -0.2) is 0 Å². The topological polar surface area (TPSA) is 36.9 Å². The Kier molecular flexibility index (Phi) is 4.44. The fourth-order valence-electron chi connectivity index (χ4n) is 2.38. The van der Waals surface area contributed by atoms with Crippen LogP contribution in [0.4, 0.5) is 0 Å². The molecule has 0 radical (unpaired) electrons. The zero-order valence-electron chi connectivity index (χ0n) is 11.1. The van der Waals surface area contributed by atoms with E-state index in [-0.39, 0.29) is 18.3 Å². The Labute approximate surface area is 108 Å². The highest BCUT2D eigenvalue weighted by Crippen LogP contribution is 2.29. The quantitative estimate of drug-likeness (QED) is 0.805. The van der Waals surface area contributed by atoms with E-state index in [9.17, 15) is 0 Å². The fourth-order valence-corrected chi connectivity index (χ4v) is 2.38. The first kappa shape index (κ1) is 13.2. The van der Waals surface area contributed by atoms with Crippen molar-refractivity contribution in [2.75, 3.05) is 21.3 Å². The lowest BCUT2D eigenvalue weighted by Crippen LogP contribution is -2.23. The summed E-state index contributed by atoms with van der Waals surface area (Å²) in [7, 11) is 5.08. The zero-order chi connectivity index (χ0) is 13.0. The van der Waals surface area contributed by atoms with Crippen LogP contribution in [0.3, 0.4) is 0 Å². The van der Waals surface area contributed by atoms with E-state index in [4.69, 9.17) is 18.9 Å². The van der Waals surface area contributed by atoms with Crippen LogP contribution >= 0.6 is 0 Å². The van der Waals surface area contributed by atoms with Crippen molar-refractivity contribution in [1.82, 2.24) is 0 Å². The molecule has 4 nitrogen and oxygen atoms in total. The summed E-state index contributed by atoms with van der Waals surface area (Å²) < 4.78 is 21.9. The summed E-state index contributed by atoms with van der Waals surface area (Å²) in [5.41, 5.74) is 0. The van der Waals surface area contributed by atoms with Crippen molar-refractivity contribution in [2.45, 2.75) is 31.2 Å². The van der Waals surface area contributed by atoms with Crippen molar-refractivity contribution in [1.29, 1.82) is 0 Å². The van der Waals surface area contributed by atoms with Gasteiger partial charge in [-0.05, 0) is 12.1 Å². The number of hydrogen-bond donors (Lipinski definition) is 0. The second-order valence-electron chi connectivity index (χ2n) is 4.44. The maximum Gasteiger partial charge on any atom is 0.123 e. The molecule has 0 amide bonds. The van der Waals surface area contributed by atoms with E-state index < -0.39 is 0 Å². The molecule has 1 aliphatic rings. The monoisotopic (exact) mass is 252 g/mol. The van der Waals surface area contributed by atoms with Gasteiger partial charge in [-0.2, -0.15) is 0 Å². The highest BCUT2D eigenvalue weighted by atomic mass is 16.5. The van der Waals surface area contributed by atoms with E-state index in [1.807, 2.05) is 24.3 Å². The van der Waals surface area contributed by atoms with Gasteiger partial charge in [0.2, 0.25) is 0 Å². The molecule has 1 saturated carbocycles. The highest BCUT2D eigenvalue weighted by Gasteiger charge is 2.35. The highest BCUT2D eigenvalue weighted by molar-refractivity contribution is 5.33. The zero-order valence-corrected chi connectivity index (χ0v) is 11.1. The average molecular weight is 252 g/mol. The van der Waals surface area contributed by atoms with E-state index in [2.05, 4.69) is 0 Å². The van der Waals surface area contributed by atoms with Crippen LogP contribution in [0.2, 0.25) is 0 Å². The number of ether oxygens (including phenoxy) is 4. The number of hydrogen-bond acceptors (Lipinski definition) is 4. The molecule has 0 aliphatic heterocycles. The molecule has 100 valence electrons. The Morgan fingerprint density at radius 3 is 2.11 bits per heavy atom. The molecule has 0 heterocycles. The minimum absolute atomic E-state index is 0.116. The molecule has 0 bridgehead atoms. The van der Waals surface area contributed by atoms with Crippen LogP contribution in [0.25, 0.3) is 0 Å². The minimum Gasteiger partial charge on any atom is -0.497 e. The van der Waals surface area contributed by atoms with E-state index in [1.165, 1.54) is 0 Å². The second-order valence-corrected chi connectivity index (χ2v) is 4.44. The second kappa shape index (κ2) is 6.07. The summed E-state index contributed by atoms with van der Waals surface area (Å²) in [5, 5.41) is 0. The molecular weight excluding hydrogens is 232 g/mol. The van der Waals surface area contributed by atoms with E-state index in [0.29, 0.717) is 0 Å². The van der Waals surface area contributed by atoms with Crippen molar-refractivity contribution < 1.29 is 18.9 Å². The summed E-state index contributed by atoms with van der Waals surface area (Å²) >= 11 is 0. The van der Waals surface area contributed by atoms with E-state index in [1.54, 1.807) is 21.3 Å². The van der Waals surface area contributed by atoms with Gasteiger partial charge >= 0.3 is 0 Å². The molecule has 0 unspecified atom stereocenters. The van der Waals surface area contributed by atoms with Crippen LogP contribution in [0, 0.1) is 0 Å². The first-order valence-corrected chi connectivity index (χ1v) is 6.13. The minimum atomic E-state index is 0.116. The summed E-state index contributed by atoms with van der Waals surface area (Å²) in [6, 6.07) is 7.65. The molecule has 4 heteroatoms.